The molecule has 1 aliphatic heterocycles. The first-order valence-corrected chi connectivity index (χ1v) is 7.42. The Labute approximate surface area is 124 Å². The number of pyridine rings is 1. The van der Waals surface area contributed by atoms with E-state index in [-0.39, 0.29) is 0 Å². The van der Waals surface area contributed by atoms with Crippen molar-refractivity contribution >= 4 is 23.0 Å². The van der Waals surface area contributed by atoms with E-state index in [4.69, 9.17) is 4.74 Å². The third kappa shape index (κ3) is 3.05. The normalized spacial score (nSPS) is 16.0. The first kappa shape index (κ1) is 14.0. The minimum absolute atomic E-state index is 0.608. The molecule has 3 rings (SSSR count). The first-order valence-electron chi connectivity index (χ1n) is 7.42. The number of aromatic nitrogens is 1. The van der Waals surface area contributed by atoms with Gasteiger partial charge in [-0.15, -0.1) is 0 Å². The highest BCUT2D eigenvalue weighted by molar-refractivity contribution is 5.91. The van der Waals surface area contributed by atoms with E-state index in [9.17, 15) is 4.79 Å². The van der Waals surface area contributed by atoms with Crippen LogP contribution in [0.2, 0.25) is 0 Å². The van der Waals surface area contributed by atoms with Crippen LogP contribution in [0.3, 0.4) is 0 Å². The Balaban J connectivity index is 1.88. The second-order valence-electron chi connectivity index (χ2n) is 5.65. The predicted molar refractivity (Wildman–Crippen MR) is 83.9 cm³/mol. The van der Waals surface area contributed by atoms with Gasteiger partial charge in [0.25, 0.3) is 0 Å². The lowest BCUT2D eigenvalue weighted by Gasteiger charge is -2.28. The van der Waals surface area contributed by atoms with Gasteiger partial charge in [-0.1, -0.05) is 18.2 Å². The van der Waals surface area contributed by atoms with Gasteiger partial charge in [0.15, 0.2) is 6.29 Å². The van der Waals surface area contributed by atoms with Crippen LogP contribution in [-0.2, 0) is 4.74 Å². The molecule has 0 spiro atoms. The molecule has 0 unspecified atom stereocenters. The number of benzene rings is 1. The van der Waals surface area contributed by atoms with Crippen molar-refractivity contribution in [2.24, 2.45) is 5.92 Å². The standard InChI is InChI=1S/C17H20N2O2/c1-19(11-13-6-8-21-9-7-13)17-15(12-20)10-14-4-2-3-5-16(14)18-17/h2-5,10,12-13H,6-9,11H2,1H3. The van der Waals surface area contributed by atoms with Crippen LogP contribution in [0.1, 0.15) is 23.2 Å². The van der Waals surface area contributed by atoms with Crippen molar-refractivity contribution in [3.05, 3.63) is 35.9 Å². The molecular weight excluding hydrogens is 264 g/mol. The molecule has 4 heteroatoms. The van der Waals surface area contributed by atoms with Gasteiger partial charge in [-0.3, -0.25) is 4.79 Å². The Bertz CT molecular complexity index is 636. The number of nitrogens with zero attached hydrogens (tertiary/aromatic N) is 2. The van der Waals surface area contributed by atoms with Crippen LogP contribution in [0, 0.1) is 5.92 Å². The summed E-state index contributed by atoms with van der Waals surface area (Å²) in [6, 6.07) is 9.82. The van der Waals surface area contributed by atoms with E-state index in [1.165, 1.54) is 0 Å². The maximum atomic E-state index is 11.4. The average Bonchev–Trinajstić information content (AvgIpc) is 2.54. The molecule has 0 atom stereocenters. The van der Waals surface area contributed by atoms with Gasteiger partial charge >= 0.3 is 0 Å². The Kier molecular flexibility index (Phi) is 4.15. The molecule has 1 aliphatic rings. The maximum Gasteiger partial charge on any atom is 0.153 e. The topological polar surface area (TPSA) is 42.4 Å². The molecule has 2 aromatic rings. The number of para-hydroxylation sites is 1. The fourth-order valence-corrected chi connectivity index (χ4v) is 2.92. The molecule has 21 heavy (non-hydrogen) atoms. The van der Waals surface area contributed by atoms with E-state index in [1.807, 2.05) is 37.4 Å². The molecule has 1 saturated heterocycles. The molecule has 2 heterocycles. The molecule has 0 radical (unpaired) electrons. The van der Waals surface area contributed by atoms with Crippen molar-refractivity contribution in [3.8, 4) is 0 Å². The van der Waals surface area contributed by atoms with Gasteiger partial charge in [-0.2, -0.15) is 0 Å². The van der Waals surface area contributed by atoms with Crippen molar-refractivity contribution in [1.82, 2.24) is 4.98 Å². The van der Waals surface area contributed by atoms with E-state index >= 15 is 0 Å². The van der Waals surface area contributed by atoms with Crippen LogP contribution in [-0.4, -0.2) is 38.1 Å². The molecule has 0 saturated carbocycles. The van der Waals surface area contributed by atoms with Crippen molar-refractivity contribution in [1.29, 1.82) is 0 Å². The van der Waals surface area contributed by atoms with Gasteiger partial charge in [0.2, 0.25) is 0 Å². The van der Waals surface area contributed by atoms with Crippen molar-refractivity contribution in [3.63, 3.8) is 0 Å². The van der Waals surface area contributed by atoms with Crippen LogP contribution in [0.25, 0.3) is 10.9 Å². The van der Waals surface area contributed by atoms with Crippen molar-refractivity contribution in [2.75, 3.05) is 31.7 Å². The van der Waals surface area contributed by atoms with Crippen LogP contribution in [0.4, 0.5) is 5.82 Å². The van der Waals surface area contributed by atoms with Gasteiger partial charge in [0.1, 0.15) is 5.82 Å². The summed E-state index contributed by atoms with van der Waals surface area (Å²) in [6.45, 7) is 2.59. The summed E-state index contributed by atoms with van der Waals surface area (Å²) < 4.78 is 5.40. The molecule has 1 fully saturated rings. The summed E-state index contributed by atoms with van der Waals surface area (Å²) in [6.07, 6.45) is 3.05. The zero-order valence-corrected chi connectivity index (χ0v) is 12.3. The summed E-state index contributed by atoms with van der Waals surface area (Å²) in [7, 11) is 2.01. The predicted octanol–water partition coefficient (Wildman–Crippen LogP) is 2.91. The first-order chi connectivity index (χ1) is 10.3. The molecule has 0 N–H and O–H groups in total. The van der Waals surface area contributed by atoms with Gasteiger partial charge in [-0.25, -0.2) is 4.98 Å². The number of carbonyl (C=O) groups is 1. The van der Waals surface area contributed by atoms with Crippen LogP contribution in [0.5, 0.6) is 0 Å². The summed E-state index contributed by atoms with van der Waals surface area (Å²) >= 11 is 0. The van der Waals surface area contributed by atoms with E-state index < -0.39 is 0 Å². The molecule has 1 aromatic carbocycles. The highest BCUT2D eigenvalue weighted by Crippen LogP contribution is 2.24. The second-order valence-corrected chi connectivity index (χ2v) is 5.65. The third-order valence-corrected chi connectivity index (χ3v) is 4.09. The number of hydrogen-bond donors (Lipinski definition) is 0. The molecule has 110 valence electrons. The van der Waals surface area contributed by atoms with Gasteiger partial charge < -0.3 is 9.64 Å². The highest BCUT2D eigenvalue weighted by Gasteiger charge is 2.18. The minimum Gasteiger partial charge on any atom is -0.381 e. The number of rotatable bonds is 4. The largest absolute Gasteiger partial charge is 0.381 e. The van der Waals surface area contributed by atoms with Gasteiger partial charge in [-0.05, 0) is 30.9 Å². The SMILES string of the molecule is CN(CC1CCOCC1)c1nc2ccccc2cc1C=O. The molecule has 0 amide bonds. The number of anilines is 1. The van der Waals surface area contributed by atoms with Crippen molar-refractivity contribution in [2.45, 2.75) is 12.8 Å². The smallest absolute Gasteiger partial charge is 0.153 e. The maximum absolute atomic E-state index is 11.4. The summed E-state index contributed by atoms with van der Waals surface area (Å²) in [4.78, 5) is 18.2. The Morgan fingerprint density at radius 3 is 2.86 bits per heavy atom. The zero-order valence-electron chi connectivity index (χ0n) is 12.3. The summed E-state index contributed by atoms with van der Waals surface area (Å²) in [5.41, 5.74) is 1.58. The van der Waals surface area contributed by atoms with Crippen molar-refractivity contribution < 1.29 is 9.53 Å². The van der Waals surface area contributed by atoms with Gasteiger partial charge in [0.05, 0.1) is 11.1 Å². The van der Waals surface area contributed by atoms with E-state index in [2.05, 4.69) is 9.88 Å². The van der Waals surface area contributed by atoms with Gasteiger partial charge in [0, 0.05) is 32.2 Å². The lowest BCUT2D eigenvalue weighted by atomic mass is 9.99. The number of hydrogen-bond acceptors (Lipinski definition) is 4. The van der Waals surface area contributed by atoms with E-state index in [1.54, 1.807) is 0 Å². The van der Waals surface area contributed by atoms with Crippen LogP contribution < -0.4 is 4.90 Å². The molecular formula is C17H20N2O2. The fraction of sp³-hybridized carbons (Fsp3) is 0.412. The highest BCUT2D eigenvalue weighted by atomic mass is 16.5. The number of carbonyl (C=O) groups excluding carboxylic acids is 1. The molecule has 0 bridgehead atoms. The quantitative estimate of drug-likeness (QED) is 0.810. The molecule has 4 nitrogen and oxygen atoms in total. The average molecular weight is 284 g/mol. The molecule has 1 aromatic heterocycles. The zero-order chi connectivity index (χ0) is 14.7. The minimum atomic E-state index is 0.608. The lowest BCUT2D eigenvalue weighted by Crippen LogP contribution is -2.30. The van der Waals surface area contributed by atoms with Crippen LogP contribution >= 0.6 is 0 Å². The Morgan fingerprint density at radius 1 is 1.33 bits per heavy atom. The lowest BCUT2D eigenvalue weighted by molar-refractivity contribution is 0.0684. The number of fused-ring (bicyclic) bond motifs is 1. The van der Waals surface area contributed by atoms with Crippen LogP contribution in [0.15, 0.2) is 30.3 Å². The van der Waals surface area contributed by atoms with E-state index in [0.717, 1.165) is 55.6 Å². The summed E-state index contributed by atoms with van der Waals surface area (Å²) in [5, 5.41) is 1.00. The monoisotopic (exact) mass is 284 g/mol. The Morgan fingerprint density at radius 2 is 2.10 bits per heavy atom. The summed E-state index contributed by atoms with van der Waals surface area (Å²) in [5.74, 6) is 1.38. The van der Waals surface area contributed by atoms with E-state index in [0.29, 0.717) is 11.5 Å². The third-order valence-electron chi connectivity index (χ3n) is 4.09. The second kappa shape index (κ2) is 6.22. The molecule has 0 aliphatic carbocycles. The Hall–Kier alpha value is -1.94. The number of ether oxygens (including phenoxy) is 1. The number of aldehydes is 1. The fourth-order valence-electron chi connectivity index (χ4n) is 2.92.